The molecule has 1 nitrogen and oxygen atoms in total. The maximum Gasteiger partial charge on any atom is 0.0467 e. The Labute approximate surface area is 107 Å². The second-order valence-corrected chi connectivity index (χ2v) is 5.00. The molecular formula is C17H17N. The Kier molecular flexibility index (Phi) is 2.67. The molecule has 1 heterocycles. The van der Waals surface area contributed by atoms with E-state index in [1.54, 1.807) is 0 Å². The van der Waals surface area contributed by atoms with Gasteiger partial charge >= 0.3 is 0 Å². The lowest BCUT2D eigenvalue weighted by atomic mass is 10.0. The molecule has 0 bridgehead atoms. The number of allylic oxidation sites excluding steroid dienone is 2. The van der Waals surface area contributed by atoms with Crippen LogP contribution in [0.4, 0.5) is 0 Å². The molecule has 0 aliphatic rings. The van der Waals surface area contributed by atoms with Crippen LogP contribution in [0.3, 0.4) is 0 Å². The van der Waals surface area contributed by atoms with Gasteiger partial charge in [-0.05, 0) is 38.0 Å². The summed E-state index contributed by atoms with van der Waals surface area (Å²) < 4.78 is 0. The summed E-state index contributed by atoms with van der Waals surface area (Å²) in [4.78, 5) is 3.49. The van der Waals surface area contributed by atoms with Crippen molar-refractivity contribution in [3.63, 3.8) is 0 Å². The van der Waals surface area contributed by atoms with Crippen LogP contribution >= 0.6 is 0 Å². The van der Waals surface area contributed by atoms with Gasteiger partial charge in [-0.2, -0.15) is 0 Å². The zero-order chi connectivity index (χ0) is 12.5. The highest BCUT2D eigenvalue weighted by molar-refractivity contribution is 6.08. The van der Waals surface area contributed by atoms with Gasteiger partial charge in [0.05, 0.1) is 0 Å². The molecule has 1 aromatic heterocycles. The van der Waals surface area contributed by atoms with Gasteiger partial charge in [-0.15, -0.1) is 0 Å². The highest BCUT2D eigenvalue weighted by Gasteiger charge is 2.06. The highest BCUT2D eigenvalue weighted by Crippen LogP contribution is 2.28. The van der Waals surface area contributed by atoms with Gasteiger partial charge in [0.15, 0.2) is 0 Å². The van der Waals surface area contributed by atoms with Crippen LogP contribution in [0.25, 0.3) is 21.8 Å². The van der Waals surface area contributed by atoms with Gasteiger partial charge in [-0.3, -0.25) is 0 Å². The van der Waals surface area contributed by atoms with E-state index in [1.807, 2.05) is 0 Å². The number of hydrogen-bond donors (Lipinski definition) is 1. The van der Waals surface area contributed by atoms with Gasteiger partial charge in [0.25, 0.3) is 0 Å². The molecule has 3 rings (SSSR count). The molecule has 0 radical (unpaired) electrons. The summed E-state index contributed by atoms with van der Waals surface area (Å²) in [5, 5.41) is 2.69. The summed E-state index contributed by atoms with van der Waals surface area (Å²) in [6, 6.07) is 15.0. The Balaban J connectivity index is 2.28. The number of H-pyrrole nitrogens is 1. The van der Waals surface area contributed by atoms with Crippen molar-refractivity contribution in [2.45, 2.75) is 20.3 Å². The van der Waals surface area contributed by atoms with Crippen LogP contribution in [0.2, 0.25) is 0 Å². The summed E-state index contributed by atoms with van der Waals surface area (Å²) in [7, 11) is 0. The molecule has 0 fully saturated rings. The molecule has 1 N–H and O–H groups in total. The molecular weight excluding hydrogens is 218 g/mol. The zero-order valence-corrected chi connectivity index (χ0v) is 10.8. The molecule has 0 spiro atoms. The Bertz CT molecular complexity index is 728. The fraction of sp³-hybridized carbons (Fsp3) is 0.176. The van der Waals surface area contributed by atoms with Crippen LogP contribution in [-0.4, -0.2) is 4.98 Å². The van der Waals surface area contributed by atoms with Gasteiger partial charge in [-0.1, -0.05) is 42.0 Å². The second-order valence-electron chi connectivity index (χ2n) is 5.00. The lowest BCUT2D eigenvalue weighted by molar-refractivity contribution is 1.23. The van der Waals surface area contributed by atoms with E-state index in [0.29, 0.717) is 0 Å². The minimum absolute atomic E-state index is 1.00. The molecule has 0 amide bonds. The lowest BCUT2D eigenvalue weighted by Gasteiger charge is -2.01. The number of aromatic amines is 1. The van der Waals surface area contributed by atoms with Crippen LogP contribution in [-0.2, 0) is 6.42 Å². The number of benzene rings is 2. The number of aromatic nitrogens is 1. The fourth-order valence-corrected chi connectivity index (χ4v) is 2.46. The van der Waals surface area contributed by atoms with E-state index in [4.69, 9.17) is 0 Å². The van der Waals surface area contributed by atoms with Gasteiger partial charge in [0.2, 0.25) is 0 Å². The second kappa shape index (κ2) is 4.34. The molecule has 0 saturated carbocycles. The van der Waals surface area contributed by atoms with Gasteiger partial charge in [0, 0.05) is 21.8 Å². The first-order chi connectivity index (χ1) is 8.75. The summed E-state index contributed by atoms with van der Waals surface area (Å²) in [5.41, 5.74) is 5.21. The molecule has 0 saturated heterocycles. The highest BCUT2D eigenvalue weighted by atomic mass is 14.7. The number of rotatable bonds is 2. The number of fused-ring (bicyclic) bond motifs is 3. The van der Waals surface area contributed by atoms with Gasteiger partial charge < -0.3 is 4.98 Å². The van der Waals surface area contributed by atoms with Crippen LogP contribution in [0, 0.1) is 0 Å². The van der Waals surface area contributed by atoms with Crippen molar-refractivity contribution >= 4 is 21.8 Å². The smallest absolute Gasteiger partial charge is 0.0467 e. The number of hydrogen-bond acceptors (Lipinski definition) is 0. The van der Waals surface area contributed by atoms with Crippen molar-refractivity contribution in [3.05, 3.63) is 59.7 Å². The first-order valence-corrected chi connectivity index (χ1v) is 6.37. The molecule has 0 aliphatic carbocycles. The van der Waals surface area contributed by atoms with Crippen LogP contribution in [0.1, 0.15) is 19.4 Å². The van der Waals surface area contributed by atoms with Crippen LogP contribution in [0.15, 0.2) is 54.1 Å². The quantitative estimate of drug-likeness (QED) is 0.612. The molecule has 0 aliphatic heterocycles. The summed E-state index contributed by atoms with van der Waals surface area (Å²) in [6.07, 6.45) is 3.29. The van der Waals surface area contributed by atoms with Gasteiger partial charge in [-0.25, -0.2) is 0 Å². The third kappa shape index (κ3) is 1.82. The Morgan fingerprint density at radius 3 is 2.61 bits per heavy atom. The van der Waals surface area contributed by atoms with E-state index >= 15 is 0 Å². The summed E-state index contributed by atoms with van der Waals surface area (Å²) in [5.74, 6) is 0. The van der Waals surface area contributed by atoms with E-state index < -0.39 is 0 Å². The lowest BCUT2D eigenvalue weighted by Crippen LogP contribution is -1.83. The van der Waals surface area contributed by atoms with E-state index in [2.05, 4.69) is 67.4 Å². The monoisotopic (exact) mass is 235 g/mol. The minimum Gasteiger partial charge on any atom is -0.355 e. The predicted molar refractivity (Wildman–Crippen MR) is 78.9 cm³/mol. The Hall–Kier alpha value is -2.02. The largest absolute Gasteiger partial charge is 0.355 e. The molecule has 3 aromatic rings. The van der Waals surface area contributed by atoms with E-state index in [1.165, 1.54) is 32.9 Å². The zero-order valence-electron chi connectivity index (χ0n) is 10.8. The van der Waals surface area contributed by atoms with E-state index in [9.17, 15) is 0 Å². The third-order valence-corrected chi connectivity index (χ3v) is 3.35. The maximum absolute atomic E-state index is 3.49. The summed E-state index contributed by atoms with van der Waals surface area (Å²) in [6.45, 7) is 4.30. The van der Waals surface area contributed by atoms with Crippen molar-refractivity contribution in [1.29, 1.82) is 0 Å². The van der Waals surface area contributed by atoms with Crippen molar-refractivity contribution in [1.82, 2.24) is 4.98 Å². The molecule has 0 atom stereocenters. The maximum atomic E-state index is 3.49. The fourth-order valence-electron chi connectivity index (χ4n) is 2.46. The number of nitrogens with one attached hydrogen (secondary N) is 1. The van der Waals surface area contributed by atoms with Crippen molar-refractivity contribution in [3.8, 4) is 0 Å². The predicted octanol–water partition coefficient (Wildman–Crippen LogP) is 4.83. The van der Waals surface area contributed by atoms with Crippen LogP contribution in [0.5, 0.6) is 0 Å². The molecule has 0 unspecified atom stereocenters. The first kappa shape index (κ1) is 11.1. The van der Waals surface area contributed by atoms with E-state index in [0.717, 1.165) is 6.42 Å². The minimum atomic E-state index is 1.00. The van der Waals surface area contributed by atoms with E-state index in [-0.39, 0.29) is 0 Å². The van der Waals surface area contributed by atoms with Crippen molar-refractivity contribution in [2.24, 2.45) is 0 Å². The Morgan fingerprint density at radius 2 is 1.78 bits per heavy atom. The summed E-state index contributed by atoms with van der Waals surface area (Å²) >= 11 is 0. The van der Waals surface area contributed by atoms with Crippen molar-refractivity contribution in [2.75, 3.05) is 0 Å². The molecule has 90 valence electrons. The third-order valence-electron chi connectivity index (χ3n) is 3.35. The molecule has 2 aromatic carbocycles. The average molecular weight is 235 g/mol. The normalized spacial score (nSPS) is 11.0. The average Bonchev–Trinajstić information content (AvgIpc) is 2.75. The molecule has 18 heavy (non-hydrogen) atoms. The van der Waals surface area contributed by atoms with Crippen LogP contribution < -0.4 is 0 Å². The topological polar surface area (TPSA) is 15.8 Å². The SMILES string of the molecule is CC(C)=CCc1cccc2[nH]c3ccccc3c12. The standard InChI is InChI=1S/C17H17N/c1-12(2)10-11-13-6-5-9-16-17(13)14-7-3-4-8-15(14)18-16/h3-10,18H,11H2,1-2H3. The van der Waals surface area contributed by atoms with Gasteiger partial charge in [0.1, 0.15) is 0 Å². The molecule has 1 heteroatoms. The van der Waals surface area contributed by atoms with Crippen molar-refractivity contribution < 1.29 is 0 Å². The first-order valence-electron chi connectivity index (χ1n) is 6.37. The Morgan fingerprint density at radius 1 is 1.00 bits per heavy atom. The number of para-hydroxylation sites is 1.